The van der Waals surface area contributed by atoms with Gasteiger partial charge in [0, 0.05) is 55.3 Å². The zero-order valence-electron chi connectivity index (χ0n) is 38.7. The first-order valence-electron chi connectivity index (χ1n) is 22.4. The third-order valence-electron chi connectivity index (χ3n) is 9.88. The number of carbonyl (C=O) groups is 2. The molecule has 0 aliphatic rings. The second-order valence-electron chi connectivity index (χ2n) is 14.7. The number of rotatable bonds is 35. The average molecular weight is 943 g/mol. The van der Waals surface area contributed by atoms with Crippen molar-refractivity contribution >= 4 is 23.2 Å². The van der Waals surface area contributed by atoms with Gasteiger partial charge >= 0.3 is 6.18 Å². The van der Waals surface area contributed by atoms with Gasteiger partial charge in [-0.25, -0.2) is 0 Å². The molecular weight excluding hydrogens is 878 g/mol. The second-order valence-corrected chi connectivity index (χ2v) is 14.7. The second kappa shape index (κ2) is 31.9. The van der Waals surface area contributed by atoms with Crippen LogP contribution in [-0.4, -0.2) is 143 Å². The quantitative estimate of drug-likeness (QED) is 0.0452. The molecule has 18 heteroatoms. The van der Waals surface area contributed by atoms with Crippen molar-refractivity contribution in [2.24, 2.45) is 0 Å². The van der Waals surface area contributed by atoms with Gasteiger partial charge in [-0.05, 0) is 79.6 Å². The third-order valence-corrected chi connectivity index (χ3v) is 9.88. The first-order valence-corrected chi connectivity index (χ1v) is 22.4. The van der Waals surface area contributed by atoms with Crippen molar-refractivity contribution in [3.8, 4) is 11.3 Å². The minimum atomic E-state index is -4.50. The van der Waals surface area contributed by atoms with Crippen LogP contribution in [0.15, 0.2) is 85.1 Å². The van der Waals surface area contributed by atoms with Crippen molar-refractivity contribution in [2.75, 3.05) is 136 Å². The summed E-state index contributed by atoms with van der Waals surface area (Å²) in [4.78, 5) is 33.6. The molecule has 2 amide bonds. The Morgan fingerprint density at radius 2 is 1.10 bits per heavy atom. The maximum Gasteiger partial charge on any atom is 0.416 e. The van der Waals surface area contributed by atoms with Crippen LogP contribution in [0, 0.1) is 0 Å². The van der Waals surface area contributed by atoms with Gasteiger partial charge < -0.3 is 58.2 Å². The van der Waals surface area contributed by atoms with E-state index in [1.165, 1.54) is 24.4 Å². The van der Waals surface area contributed by atoms with E-state index in [4.69, 9.17) is 42.6 Å². The number of pyridine rings is 1. The highest BCUT2D eigenvalue weighted by Crippen LogP contribution is 2.33. The molecule has 67 heavy (non-hydrogen) atoms. The molecule has 0 bridgehead atoms. The predicted octanol–water partition coefficient (Wildman–Crippen LogP) is 7.08. The fourth-order valence-corrected chi connectivity index (χ4v) is 6.37. The summed E-state index contributed by atoms with van der Waals surface area (Å²) in [6.45, 7) is 13.2. The highest BCUT2D eigenvalue weighted by molar-refractivity contribution is 6.06. The normalized spacial score (nSPS) is 11.5. The van der Waals surface area contributed by atoms with E-state index in [-0.39, 0.29) is 24.6 Å². The number of aromatic nitrogens is 1. The largest absolute Gasteiger partial charge is 0.416 e. The standard InChI is InChI=1S/C49H65F3N4O11/c1-4-56(5-2)43-12-13-45(44(35-43)46-34-41(14-15-53-46)47(57)54-36-38-8-7-11-42(33-38)49(50,51)52)55-48(58)40-10-6-9-39(32-40)37-67-31-30-66-29-28-65-27-26-64-25-24-63-23-22-62-21-20-61-19-18-60-17-16-59-3/h6-15,32-35H,4-5,16-31,36-37H2,1-3H3,(H,54,57)(H,55,58). The van der Waals surface area contributed by atoms with E-state index in [0.29, 0.717) is 134 Å². The molecule has 0 aliphatic heterocycles. The number of halogens is 3. The fourth-order valence-electron chi connectivity index (χ4n) is 6.37. The topological polar surface area (TPSA) is 157 Å². The molecule has 2 N–H and O–H groups in total. The maximum absolute atomic E-state index is 13.7. The number of benzene rings is 3. The van der Waals surface area contributed by atoms with E-state index < -0.39 is 17.6 Å². The number of hydrogen-bond acceptors (Lipinski definition) is 13. The van der Waals surface area contributed by atoms with Gasteiger partial charge in [0.05, 0.1) is 129 Å². The summed E-state index contributed by atoms with van der Waals surface area (Å²) in [6, 6.07) is 20.7. The van der Waals surface area contributed by atoms with Crippen molar-refractivity contribution < 1.29 is 65.4 Å². The van der Waals surface area contributed by atoms with E-state index in [9.17, 15) is 22.8 Å². The van der Waals surface area contributed by atoms with Crippen LogP contribution in [0.5, 0.6) is 0 Å². The van der Waals surface area contributed by atoms with Crippen molar-refractivity contribution in [3.05, 3.63) is 113 Å². The van der Waals surface area contributed by atoms with Crippen LogP contribution in [0.1, 0.15) is 51.3 Å². The summed E-state index contributed by atoms with van der Waals surface area (Å²) in [7, 11) is 1.63. The van der Waals surface area contributed by atoms with Gasteiger partial charge in [-0.2, -0.15) is 13.2 Å². The number of anilines is 2. The zero-order chi connectivity index (χ0) is 48.0. The molecule has 0 saturated heterocycles. The lowest BCUT2D eigenvalue weighted by atomic mass is 10.0. The summed E-state index contributed by atoms with van der Waals surface area (Å²) >= 11 is 0. The Morgan fingerprint density at radius 3 is 1.66 bits per heavy atom. The Balaban J connectivity index is 1.14. The molecule has 0 spiro atoms. The molecule has 1 heterocycles. The van der Waals surface area contributed by atoms with Gasteiger partial charge in [-0.1, -0.05) is 24.3 Å². The van der Waals surface area contributed by atoms with Gasteiger partial charge in [0.25, 0.3) is 11.8 Å². The molecule has 3 aromatic carbocycles. The molecule has 0 fully saturated rings. The maximum atomic E-state index is 13.7. The molecule has 0 unspecified atom stereocenters. The van der Waals surface area contributed by atoms with Crippen LogP contribution >= 0.6 is 0 Å². The van der Waals surface area contributed by atoms with E-state index in [0.717, 1.165) is 36.5 Å². The minimum absolute atomic E-state index is 0.104. The molecule has 1 aromatic heterocycles. The number of nitrogens with one attached hydrogen (secondary N) is 2. The van der Waals surface area contributed by atoms with Crippen LogP contribution in [0.2, 0.25) is 0 Å². The van der Waals surface area contributed by atoms with Gasteiger partial charge in [-0.15, -0.1) is 0 Å². The summed E-state index contributed by atoms with van der Waals surface area (Å²) in [5, 5.41) is 5.71. The number of alkyl halides is 3. The SMILES string of the molecule is CCN(CC)c1ccc(NC(=O)c2cccc(COCCOCCOCCOCCOCCOCCOCCOCCOC)c2)c(-c2cc(C(=O)NCc3cccc(C(F)(F)F)c3)ccn2)c1. The third kappa shape index (κ3) is 21.2. The summed E-state index contributed by atoms with van der Waals surface area (Å²) < 4.78 is 88.8. The molecule has 4 rings (SSSR count). The predicted molar refractivity (Wildman–Crippen MR) is 248 cm³/mol. The molecule has 368 valence electrons. The van der Waals surface area contributed by atoms with Crippen LogP contribution < -0.4 is 15.5 Å². The molecule has 0 aliphatic carbocycles. The van der Waals surface area contributed by atoms with Gasteiger partial charge in [0.15, 0.2) is 0 Å². The van der Waals surface area contributed by atoms with Crippen molar-refractivity contribution in [3.63, 3.8) is 0 Å². The molecule has 4 aromatic rings. The Kier molecular flexibility index (Phi) is 26.0. The lowest BCUT2D eigenvalue weighted by Crippen LogP contribution is -2.23. The summed E-state index contributed by atoms with van der Waals surface area (Å²) in [6.07, 6.45) is -3.02. The Hall–Kier alpha value is -5.02. The Bertz CT molecular complexity index is 2020. The van der Waals surface area contributed by atoms with Gasteiger partial charge in [-0.3, -0.25) is 14.6 Å². The molecule has 0 radical (unpaired) electrons. The minimum Gasteiger partial charge on any atom is -0.382 e. The first kappa shape index (κ1) is 54.6. The number of methoxy groups -OCH3 is 1. The Labute approximate surface area is 391 Å². The highest BCUT2D eigenvalue weighted by Gasteiger charge is 2.30. The number of carbonyl (C=O) groups excluding carboxylic acids is 2. The summed E-state index contributed by atoms with van der Waals surface area (Å²) in [5.74, 6) is -0.845. The smallest absolute Gasteiger partial charge is 0.382 e. The molecule has 15 nitrogen and oxygen atoms in total. The first-order chi connectivity index (χ1) is 32.6. The van der Waals surface area contributed by atoms with E-state index in [1.807, 2.05) is 32.0 Å². The lowest BCUT2D eigenvalue weighted by molar-refractivity contribution is -0.137. The van der Waals surface area contributed by atoms with Gasteiger partial charge in [0.1, 0.15) is 0 Å². The molecular formula is C49H65F3N4O11. The Morgan fingerprint density at radius 1 is 0.582 bits per heavy atom. The van der Waals surface area contributed by atoms with Crippen LogP contribution in [0.25, 0.3) is 11.3 Å². The van der Waals surface area contributed by atoms with Crippen LogP contribution in [-0.2, 0) is 62.0 Å². The molecule has 0 atom stereocenters. The molecule has 0 saturated carbocycles. The lowest BCUT2D eigenvalue weighted by Gasteiger charge is -2.23. The summed E-state index contributed by atoms with van der Waals surface area (Å²) in [5.41, 5.74) is 3.36. The average Bonchev–Trinajstić information content (AvgIpc) is 3.34. The van der Waals surface area contributed by atoms with E-state index >= 15 is 0 Å². The van der Waals surface area contributed by atoms with E-state index in [2.05, 4.69) is 20.5 Å². The van der Waals surface area contributed by atoms with E-state index in [1.54, 1.807) is 37.4 Å². The van der Waals surface area contributed by atoms with Crippen molar-refractivity contribution in [1.29, 1.82) is 0 Å². The van der Waals surface area contributed by atoms with Gasteiger partial charge in [0.2, 0.25) is 0 Å². The number of nitrogens with zero attached hydrogens (tertiary/aromatic N) is 2. The highest BCUT2D eigenvalue weighted by atomic mass is 19.4. The fraction of sp³-hybridized carbons (Fsp3) is 0.490. The van der Waals surface area contributed by atoms with Crippen LogP contribution in [0.3, 0.4) is 0 Å². The monoisotopic (exact) mass is 942 g/mol. The number of ether oxygens (including phenoxy) is 9. The van der Waals surface area contributed by atoms with Crippen LogP contribution in [0.4, 0.5) is 24.5 Å². The number of amides is 2. The zero-order valence-corrected chi connectivity index (χ0v) is 38.7. The van der Waals surface area contributed by atoms with Crippen molar-refractivity contribution in [2.45, 2.75) is 33.2 Å². The number of hydrogen-bond donors (Lipinski definition) is 2. The van der Waals surface area contributed by atoms with Crippen molar-refractivity contribution in [1.82, 2.24) is 10.3 Å².